The third-order valence-electron chi connectivity index (χ3n) is 3.38. The largest absolute Gasteiger partial charge is 0.508 e. The van der Waals surface area contributed by atoms with Crippen molar-refractivity contribution >= 4 is 0 Å². The zero-order chi connectivity index (χ0) is 13.4. The molecule has 0 amide bonds. The first-order valence-corrected chi connectivity index (χ1v) is 6.14. The molecular weight excluding hydrogens is 245 g/mol. The summed E-state index contributed by atoms with van der Waals surface area (Å²) in [6.45, 7) is 0. The smallest absolute Gasteiger partial charge is 0.127 e. The molecule has 19 heavy (non-hydrogen) atoms. The number of fused-ring (bicyclic) bond motifs is 1. The van der Waals surface area contributed by atoms with E-state index in [1.54, 1.807) is 30.3 Å². The van der Waals surface area contributed by atoms with Crippen LogP contribution in [0.1, 0.15) is 29.7 Å². The summed E-state index contributed by atoms with van der Waals surface area (Å²) in [6.07, 6.45) is 0.411. The predicted octanol–water partition coefficient (Wildman–Crippen LogP) is 3.05. The highest BCUT2D eigenvalue weighted by Crippen LogP contribution is 2.40. The minimum absolute atomic E-state index is 0.178. The van der Waals surface area contributed by atoms with E-state index in [-0.39, 0.29) is 23.7 Å². The Morgan fingerprint density at radius 2 is 1.89 bits per heavy atom. The van der Waals surface area contributed by atoms with Crippen molar-refractivity contribution < 1.29 is 14.2 Å². The molecular formula is C15H14FNO2. The number of ether oxygens (including phenoxy) is 1. The van der Waals surface area contributed by atoms with Gasteiger partial charge in [-0.1, -0.05) is 18.2 Å². The summed E-state index contributed by atoms with van der Waals surface area (Å²) in [5, 5.41) is 9.29. The third kappa shape index (κ3) is 2.27. The fourth-order valence-corrected chi connectivity index (χ4v) is 2.37. The number of phenols is 1. The molecule has 0 aliphatic carbocycles. The average molecular weight is 259 g/mol. The predicted molar refractivity (Wildman–Crippen MR) is 69.4 cm³/mol. The number of phenolic OH excluding ortho intramolecular Hbond substituents is 1. The molecule has 0 saturated carbocycles. The van der Waals surface area contributed by atoms with Crippen molar-refractivity contribution in [2.45, 2.75) is 18.6 Å². The lowest BCUT2D eigenvalue weighted by molar-refractivity contribution is 0.160. The molecule has 0 fully saturated rings. The molecule has 0 bridgehead atoms. The van der Waals surface area contributed by atoms with Gasteiger partial charge >= 0.3 is 0 Å². The van der Waals surface area contributed by atoms with E-state index in [2.05, 4.69) is 0 Å². The molecule has 98 valence electrons. The zero-order valence-corrected chi connectivity index (χ0v) is 10.2. The van der Waals surface area contributed by atoms with E-state index in [9.17, 15) is 9.50 Å². The van der Waals surface area contributed by atoms with Gasteiger partial charge in [0.1, 0.15) is 23.4 Å². The van der Waals surface area contributed by atoms with Crippen LogP contribution in [-0.2, 0) is 0 Å². The van der Waals surface area contributed by atoms with Gasteiger partial charge in [-0.25, -0.2) is 4.39 Å². The first-order valence-electron chi connectivity index (χ1n) is 6.14. The van der Waals surface area contributed by atoms with Gasteiger partial charge in [-0.2, -0.15) is 0 Å². The number of benzene rings is 2. The topological polar surface area (TPSA) is 55.5 Å². The van der Waals surface area contributed by atoms with Crippen LogP contribution in [0.4, 0.5) is 4.39 Å². The minimum atomic E-state index is -0.336. The van der Waals surface area contributed by atoms with Gasteiger partial charge in [-0.3, -0.25) is 0 Å². The van der Waals surface area contributed by atoms with Gasteiger partial charge in [0.05, 0.1) is 0 Å². The molecule has 4 heteroatoms. The summed E-state index contributed by atoms with van der Waals surface area (Å²) in [7, 11) is 0. The highest BCUT2D eigenvalue weighted by molar-refractivity contribution is 5.40. The third-order valence-corrected chi connectivity index (χ3v) is 3.38. The summed E-state index contributed by atoms with van der Waals surface area (Å²) in [5.41, 5.74) is 7.85. The molecule has 0 aromatic heterocycles. The number of hydrogen-bond acceptors (Lipinski definition) is 3. The van der Waals surface area contributed by atoms with Gasteiger partial charge in [-0.15, -0.1) is 0 Å². The van der Waals surface area contributed by atoms with Crippen molar-refractivity contribution in [2.75, 3.05) is 0 Å². The lowest BCUT2D eigenvalue weighted by Gasteiger charge is -2.30. The lowest BCUT2D eigenvalue weighted by Crippen LogP contribution is -2.24. The fraction of sp³-hybridized carbons (Fsp3) is 0.200. The molecule has 1 aliphatic rings. The van der Waals surface area contributed by atoms with Gasteiger partial charge in [0.25, 0.3) is 0 Å². The quantitative estimate of drug-likeness (QED) is 0.827. The maximum absolute atomic E-state index is 13.3. The lowest BCUT2D eigenvalue weighted by atomic mass is 9.93. The average Bonchev–Trinajstić information content (AvgIpc) is 2.38. The van der Waals surface area contributed by atoms with Crippen LogP contribution in [-0.4, -0.2) is 5.11 Å². The maximum Gasteiger partial charge on any atom is 0.127 e. The summed E-state index contributed by atoms with van der Waals surface area (Å²) in [6, 6.07) is 11.0. The van der Waals surface area contributed by atoms with Gasteiger partial charge in [0.2, 0.25) is 0 Å². The first kappa shape index (κ1) is 12.0. The van der Waals surface area contributed by atoms with Crippen molar-refractivity contribution in [1.29, 1.82) is 0 Å². The fourth-order valence-electron chi connectivity index (χ4n) is 2.37. The number of rotatable bonds is 1. The van der Waals surface area contributed by atoms with Gasteiger partial charge in [0.15, 0.2) is 0 Å². The second-order valence-electron chi connectivity index (χ2n) is 4.72. The van der Waals surface area contributed by atoms with E-state index in [1.165, 1.54) is 12.1 Å². The Balaban J connectivity index is 1.93. The van der Waals surface area contributed by atoms with E-state index in [4.69, 9.17) is 10.5 Å². The van der Waals surface area contributed by atoms with Crippen molar-refractivity contribution in [3.05, 3.63) is 59.4 Å². The minimum Gasteiger partial charge on any atom is -0.508 e. The van der Waals surface area contributed by atoms with Crippen LogP contribution < -0.4 is 10.5 Å². The van der Waals surface area contributed by atoms with Gasteiger partial charge in [0, 0.05) is 24.1 Å². The number of hydrogen-bond donors (Lipinski definition) is 2. The van der Waals surface area contributed by atoms with Crippen LogP contribution in [0.25, 0.3) is 0 Å². The van der Waals surface area contributed by atoms with Gasteiger partial charge < -0.3 is 15.6 Å². The molecule has 1 heterocycles. The molecule has 0 saturated heterocycles. The van der Waals surface area contributed by atoms with Crippen molar-refractivity contribution in [3.63, 3.8) is 0 Å². The van der Waals surface area contributed by atoms with Crippen molar-refractivity contribution in [3.8, 4) is 11.5 Å². The number of aromatic hydroxyl groups is 1. The second-order valence-corrected chi connectivity index (χ2v) is 4.72. The first-order chi connectivity index (χ1) is 9.13. The molecule has 3 rings (SSSR count). The van der Waals surface area contributed by atoms with E-state index in [1.807, 2.05) is 0 Å². The van der Waals surface area contributed by atoms with Crippen LogP contribution in [0.15, 0.2) is 42.5 Å². The summed E-state index contributed by atoms with van der Waals surface area (Å²) in [5.74, 6) is 0.365. The van der Waals surface area contributed by atoms with Crippen LogP contribution in [0.5, 0.6) is 11.5 Å². The molecule has 2 aromatic rings. The Morgan fingerprint density at radius 1 is 1.16 bits per heavy atom. The maximum atomic E-state index is 13.3. The van der Waals surface area contributed by atoms with Crippen LogP contribution in [0, 0.1) is 5.82 Å². The van der Waals surface area contributed by atoms with E-state index in [0.717, 1.165) is 11.1 Å². The monoisotopic (exact) mass is 259 g/mol. The van der Waals surface area contributed by atoms with Crippen molar-refractivity contribution in [2.24, 2.45) is 5.73 Å². The Bertz CT molecular complexity index is 598. The highest BCUT2D eigenvalue weighted by Gasteiger charge is 2.27. The Kier molecular flexibility index (Phi) is 2.87. The molecule has 2 unspecified atom stereocenters. The van der Waals surface area contributed by atoms with Crippen LogP contribution >= 0.6 is 0 Å². The Morgan fingerprint density at radius 3 is 2.63 bits per heavy atom. The normalized spacial score (nSPS) is 21.6. The summed E-state index contributed by atoms with van der Waals surface area (Å²) < 4.78 is 19.1. The van der Waals surface area contributed by atoms with Crippen molar-refractivity contribution in [1.82, 2.24) is 0 Å². The van der Waals surface area contributed by atoms with E-state index in [0.29, 0.717) is 12.2 Å². The molecule has 2 aromatic carbocycles. The van der Waals surface area contributed by atoms with E-state index < -0.39 is 0 Å². The SMILES string of the molecule is NC1CC(c2ccc(O)cc2)Oc2cc(F)ccc21. The zero-order valence-electron chi connectivity index (χ0n) is 10.2. The van der Waals surface area contributed by atoms with E-state index >= 15 is 0 Å². The molecule has 1 aliphatic heterocycles. The molecule has 0 radical (unpaired) electrons. The highest BCUT2D eigenvalue weighted by atomic mass is 19.1. The summed E-state index contributed by atoms with van der Waals surface area (Å²) in [4.78, 5) is 0. The Hall–Kier alpha value is -2.07. The number of nitrogens with two attached hydrogens (primary N) is 1. The van der Waals surface area contributed by atoms with Crippen LogP contribution in [0.2, 0.25) is 0 Å². The standard InChI is InChI=1S/C15H14FNO2/c16-10-3-6-12-13(17)8-14(19-15(12)7-10)9-1-4-11(18)5-2-9/h1-7,13-14,18H,8,17H2. The molecule has 2 atom stereocenters. The molecule has 0 spiro atoms. The Labute approximate surface area is 110 Å². The summed E-state index contributed by atoms with van der Waals surface area (Å²) >= 11 is 0. The number of halogens is 1. The van der Waals surface area contributed by atoms with Crippen LogP contribution in [0.3, 0.4) is 0 Å². The second kappa shape index (κ2) is 4.55. The molecule has 3 nitrogen and oxygen atoms in total. The molecule has 3 N–H and O–H groups in total. The van der Waals surface area contributed by atoms with Gasteiger partial charge in [-0.05, 0) is 23.8 Å².